The number of carboxylic acid groups (broad SMARTS) is 1. The zero-order valence-electron chi connectivity index (χ0n) is 11.8. The molecule has 2 N–H and O–H groups in total. The second kappa shape index (κ2) is 5.95. The van der Waals surface area contributed by atoms with Crippen LogP contribution in [-0.4, -0.2) is 34.5 Å². The Labute approximate surface area is 122 Å². The standard InChI is InChI=1S/C15H18N2O4/c1-2-3-9-15(11-7-5-4-6-8-11)13(20)17(10-12(18)19)14(21)16-15/h4-8H,2-3,9-10H2,1H3,(H,16,21)(H,18,19)/t15-/m0/s1. The highest BCUT2D eigenvalue weighted by Crippen LogP contribution is 2.33. The molecule has 1 fully saturated rings. The minimum Gasteiger partial charge on any atom is -0.480 e. The monoisotopic (exact) mass is 290 g/mol. The first-order chi connectivity index (χ1) is 10.0. The number of rotatable bonds is 6. The van der Waals surface area contributed by atoms with Crippen molar-refractivity contribution in [3.8, 4) is 0 Å². The first-order valence-electron chi connectivity index (χ1n) is 6.92. The smallest absolute Gasteiger partial charge is 0.325 e. The van der Waals surface area contributed by atoms with E-state index < -0.39 is 30.0 Å². The summed E-state index contributed by atoms with van der Waals surface area (Å²) < 4.78 is 0. The molecule has 2 rings (SSSR count). The van der Waals surface area contributed by atoms with E-state index in [1.54, 1.807) is 24.3 Å². The Kier molecular flexibility index (Phi) is 4.26. The van der Waals surface area contributed by atoms with Gasteiger partial charge in [-0.2, -0.15) is 0 Å². The molecule has 3 amide bonds. The maximum Gasteiger partial charge on any atom is 0.325 e. The Bertz CT molecular complexity index is 558. The SMILES string of the molecule is CCCC[C@@]1(c2ccccc2)NC(=O)N(CC(=O)O)C1=O. The zero-order chi connectivity index (χ0) is 15.5. The molecule has 0 radical (unpaired) electrons. The Hall–Kier alpha value is -2.37. The van der Waals surface area contributed by atoms with Crippen molar-refractivity contribution in [2.45, 2.75) is 31.7 Å². The summed E-state index contributed by atoms with van der Waals surface area (Å²) in [5.41, 5.74) is -0.464. The molecule has 1 aromatic rings. The molecular formula is C15H18N2O4. The third-order valence-electron chi connectivity index (χ3n) is 3.64. The van der Waals surface area contributed by atoms with Crippen LogP contribution in [0.5, 0.6) is 0 Å². The van der Waals surface area contributed by atoms with Crippen molar-refractivity contribution in [1.29, 1.82) is 0 Å². The van der Waals surface area contributed by atoms with E-state index >= 15 is 0 Å². The molecule has 1 heterocycles. The summed E-state index contributed by atoms with van der Waals surface area (Å²) in [7, 11) is 0. The van der Waals surface area contributed by atoms with Crippen LogP contribution in [0.4, 0.5) is 4.79 Å². The average Bonchev–Trinajstić information content (AvgIpc) is 2.71. The quantitative estimate of drug-likeness (QED) is 0.781. The molecule has 0 bridgehead atoms. The molecule has 0 aliphatic carbocycles. The van der Waals surface area contributed by atoms with Crippen LogP contribution in [0.15, 0.2) is 30.3 Å². The van der Waals surface area contributed by atoms with Crippen LogP contribution in [0.1, 0.15) is 31.7 Å². The van der Waals surface area contributed by atoms with E-state index in [9.17, 15) is 14.4 Å². The molecule has 112 valence electrons. The van der Waals surface area contributed by atoms with Gasteiger partial charge in [0.1, 0.15) is 12.1 Å². The minimum absolute atomic E-state index is 0.453. The molecule has 21 heavy (non-hydrogen) atoms. The van der Waals surface area contributed by atoms with E-state index in [-0.39, 0.29) is 0 Å². The second-order valence-corrected chi connectivity index (χ2v) is 5.09. The molecule has 0 saturated carbocycles. The highest BCUT2D eigenvalue weighted by atomic mass is 16.4. The fraction of sp³-hybridized carbons (Fsp3) is 0.400. The van der Waals surface area contributed by atoms with E-state index in [0.717, 1.165) is 17.7 Å². The first-order valence-corrected chi connectivity index (χ1v) is 6.92. The van der Waals surface area contributed by atoms with Gasteiger partial charge in [-0.3, -0.25) is 14.5 Å². The molecule has 0 unspecified atom stereocenters. The molecule has 1 aliphatic rings. The Morgan fingerprint density at radius 1 is 1.29 bits per heavy atom. The number of carbonyl (C=O) groups excluding carboxylic acids is 2. The third kappa shape index (κ3) is 2.74. The molecule has 0 spiro atoms. The molecule has 1 aromatic carbocycles. The van der Waals surface area contributed by atoms with Gasteiger partial charge in [0, 0.05) is 0 Å². The largest absolute Gasteiger partial charge is 0.480 e. The fourth-order valence-corrected chi connectivity index (χ4v) is 2.58. The number of urea groups is 1. The Morgan fingerprint density at radius 2 is 1.95 bits per heavy atom. The lowest BCUT2D eigenvalue weighted by atomic mass is 9.85. The number of aliphatic carboxylic acids is 1. The van der Waals surface area contributed by atoms with Gasteiger partial charge in [-0.05, 0) is 12.0 Å². The summed E-state index contributed by atoms with van der Waals surface area (Å²) >= 11 is 0. The van der Waals surface area contributed by atoms with Gasteiger partial charge in [-0.15, -0.1) is 0 Å². The number of unbranched alkanes of at least 4 members (excludes halogenated alkanes) is 1. The summed E-state index contributed by atoms with van der Waals surface area (Å²) in [6.45, 7) is 1.38. The highest BCUT2D eigenvalue weighted by Gasteiger charge is 2.52. The summed E-state index contributed by atoms with van der Waals surface area (Å²) in [6.07, 6.45) is 2.08. The summed E-state index contributed by atoms with van der Waals surface area (Å²) in [4.78, 5) is 36.3. The van der Waals surface area contributed by atoms with Gasteiger partial charge in [0.05, 0.1) is 0 Å². The number of nitrogens with one attached hydrogen (secondary N) is 1. The Morgan fingerprint density at radius 3 is 2.52 bits per heavy atom. The normalized spacial score (nSPS) is 21.5. The van der Waals surface area contributed by atoms with Crippen molar-refractivity contribution in [2.75, 3.05) is 6.54 Å². The number of amides is 3. The van der Waals surface area contributed by atoms with Crippen molar-refractivity contribution in [2.24, 2.45) is 0 Å². The molecule has 1 atom stereocenters. The van der Waals surface area contributed by atoms with E-state index in [0.29, 0.717) is 12.0 Å². The highest BCUT2D eigenvalue weighted by molar-refractivity contribution is 6.09. The topological polar surface area (TPSA) is 86.7 Å². The second-order valence-electron chi connectivity index (χ2n) is 5.09. The number of carboxylic acids is 1. The van der Waals surface area contributed by atoms with E-state index in [4.69, 9.17) is 5.11 Å². The number of benzene rings is 1. The number of imide groups is 1. The van der Waals surface area contributed by atoms with E-state index in [1.807, 2.05) is 13.0 Å². The first kappa shape index (κ1) is 15.0. The van der Waals surface area contributed by atoms with Crippen LogP contribution in [0.25, 0.3) is 0 Å². The number of carbonyl (C=O) groups is 3. The maximum absolute atomic E-state index is 12.7. The van der Waals surface area contributed by atoms with Crippen molar-refractivity contribution in [3.63, 3.8) is 0 Å². The predicted molar refractivity (Wildman–Crippen MR) is 75.5 cm³/mol. The summed E-state index contributed by atoms with van der Waals surface area (Å²) in [5, 5.41) is 11.6. The van der Waals surface area contributed by atoms with Crippen LogP contribution < -0.4 is 5.32 Å². The van der Waals surface area contributed by atoms with E-state index in [1.165, 1.54) is 0 Å². The lowest BCUT2D eigenvalue weighted by Gasteiger charge is -2.27. The molecule has 0 aromatic heterocycles. The zero-order valence-corrected chi connectivity index (χ0v) is 11.8. The molecule has 6 nitrogen and oxygen atoms in total. The number of nitrogens with zero attached hydrogens (tertiary/aromatic N) is 1. The van der Waals surface area contributed by atoms with Crippen LogP contribution >= 0.6 is 0 Å². The Balaban J connectivity index is 2.40. The third-order valence-corrected chi connectivity index (χ3v) is 3.64. The predicted octanol–water partition coefficient (Wildman–Crippen LogP) is 1.71. The number of hydrogen-bond acceptors (Lipinski definition) is 3. The van der Waals surface area contributed by atoms with Crippen LogP contribution in [0.2, 0.25) is 0 Å². The lowest BCUT2D eigenvalue weighted by molar-refractivity contribution is -0.143. The maximum atomic E-state index is 12.7. The van der Waals surface area contributed by atoms with Crippen LogP contribution in [-0.2, 0) is 15.1 Å². The van der Waals surface area contributed by atoms with Crippen molar-refractivity contribution in [3.05, 3.63) is 35.9 Å². The van der Waals surface area contributed by atoms with Gasteiger partial charge < -0.3 is 10.4 Å². The minimum atomic E-state index is -1.21. The summed E-state index contributed by atoms with van der Waals surface area (Å²) in [5.74, 6) is -1.70. The van der Waals surface area contributed by atoms with Gasteiger partial charge in [-0.1, -0.05) is 50.1 Å². The summed E-state index contributed by atoms with van der Waals surface area (Å²) in [6, 6.07) is 8.32. The molecule has 6 heteroatoms. The molecule has 1 aliphatic heterocycles. The van der Waals surface area contributed by atoms with E-state index in [2.05, 4.69) is 5.32 Å². The van der Waals surface area contributed by atoms with Crippen LogP contribution in [0.3, 0.4) is 0 Å². The van der Waals surface area contributed by atoms with Gasteiger partial charge in [0.2, 0.25) is 0 Å². The lowest BCUT2D eigenvalue weighted by Crippen LogP contribution is -2.44. The molecule has 1 saturated heterocycles. The average molecular weight is 290 g/mol. The van der Waals surface area contributed by atoms with Crippen molar-refractivity contribution >= 4 is 17.9 Å². The van der Waals surface area contributed by atoms with Crippen LogP contribution in [0, 0.1) is 0 Å². The van der Waals surface area contributed by atoms with Crippen molar-refractivity contribution < 1.29 is 19.5 Å². The van der Waals surface area contributed by atoms with Crippen molar-refractivity contribution in [1.82, 2.24) is 10.2 Å². The van der Waals surface area contributed by atoms with Gasteiger partial charge >= 0.3 is 12.0 Å². The molecular weight excluding hydrogens is 272 g/mol. The van der Waals surface area contributed by atoms with Gasteiger partial charge in [0.25, 0.3) is 5.91 Å². The van der Waals surface area contributed by atoms with Gasteiger partial charge in [0.15, 0.2) is 0 Å². The number of hydrogen-bond donors (Lipinski definition) is 2. The fourth-order valence-electron chi connectivity index (χ4n) is 2.58. The van der Waals surface area contributed by atoms with Gasteiger partial charge in [-0.25, -0.2) is 4.79 Å².